The van der Waals surface area contributed by atoms with Crippen molar-refractivity contribution in [1.29, 1.82) is 0 Å². The molecule has 0 aliphatic rings. The molecule has 96 valence electrons. The molecule has 0 radical (unpaired) electrons. The third kappa shape index (κ3) is 3.45. The molecule has 0 aliphatic carbocycles. The highest BCUT2D eigenvalue weighted by Crippen LogP contribution is 2.29. The van der Waals surface area contributed by atoms with Gasteiger partial charge in [-0.2, -0.15) is 0 Å². The molecule has 0 saturated carbocycles. The zero-order valence-electron chi connectivity index (χ0n) is 11.2. The summed E-state index contributed by atoms with van der Waals surface area (Å²) >= 11 is 0. The first-order valence-electron chi connectivity index (χ1n) is 6.16. The maximum Gasteiger partial charge on any atom is 0.124 e. The molecule has 0 aromatic heterocycles. The van der Waals surface area contributed by atoms with Crippen LogP contribution in [0.3, 0.4) is 0 Å². The van der Waals surface area contributed by atoms with Crippen LogP contribution in [0, 0.1) is 0 Å². The van der Waals surface area contributed by atoms with E-state index in [2.05, 4.69) is 31.3 Å². The monoisotopic (exact) mass is 237 g/mol. The van der Waals surface area contributed by atoms with Gasteiger partial charge in [0.1, 0.15) is 5.75 Å². The topological polar surface area (TPSA) is 41.5 Å². The van der Waals surface area contributed by atoms with Crippen LogP contribution in [-0.4, -0.2) is 25.4 Å². The van der Waals surface area contributed by atoms with E-state index in [-0.39, 0.29) is 12.6 Å². The quantitative estimate of drug-likeness (QED) is 0.798. The van der Waals surface area contributed by atoms with Gasteiger partial charge in [-0.1, -0.05) is 32.9 Å². The number of nitrogens with one attached hydrogen (secondary N) is 1. The predicted molar refractivity (Wildman–Crippen MR) is 70.6 cm³/mol. The van der Waals surface area contributed by atoms with Gasteiger partial charge in [0.2, 0.25) is 0 Å². The van der Waals surface area contributed by atoms with Gasteiger partial charge in [0.25, 0.3) is 0 Å². The number of rotatable bonds is 6. The first-order valence-corrected chi connectivity index (χ1v) is 6.16. The lowest BCUT2D eigenvalue weighted by Gasteiger charge is -2.20. The van der Waals surface area contributed by atoms with Crippen LogP contribution in [0.25, 0.3) is 0 Å². The smallest absolute Gasteiger partial charge is 0.124 e. The van der Waals surface area contributed by atoms with Gasteiger partial charge in [0, 0.05) is 5.56 Å². The first kappa shape index (κ1) is 14.0. The van der Waals surface area contributed by atoms with Gasteiger partial charge in [-0.15, -0.1) is 0 Å². The van der Waals surface area contributed by atoms with Crippen LogP contribution in [-0.2, 0) is 0 Å². The second kappa shape index (κ2) is 6.62. The number of benzene rings is 1. The molecule has 0 aliphatic heterocycles. The summed E-state index contributed by atoms with van der Waals surface area (Å²) in [7, 11) is 1.67. The number of ether oxygens (including phenoxy) is 1. The van der Waals surface area contributed by atoms with Gasteiger partial charge in [-0.3, -0.25) is 0 Å². The molecule has 0 fully saturated rings. The van der Waals surface area contributed by atoms with Gasteiger partial charge in [0.05, 0.1) is 19.8 Å². The minimum atomic E-state index is -0.0591. The van der Waals surface area contributed by atoms with Crippen molar-refractivity contribution in [2.75, 3.05) is 20.3 Å². The second-order valence-electron chi connectivity index (χ2n) is 4.45. The van der Waals surface area contributed by atoms with Gasteiger partial charge in [-0.05, 0) is 24.1 Å². The van der Waals surface area contributed by atoms with Gasteiger partial charge in [0.15, 0.2) is 0 Å². The summed E-state index contributed by atoms with van der Waals surface area (Å²) in [5.74, 6) is 1.32. The highest BCUT2D eigenvalue weighted by atomic mass is 16.5. The van der Waals surface area contributed by atoms with Crippen molar-refractivity contribution in [1.82, 2.24) is 5.32 Å². The van der Waals surface area contributed by atoms with Crippen molar-refractivity contribution < 1.29 is 9.84 Å². The van der Waals surface area contributed by atoms with E-state index < -0.39 is 0 Å². The Labute approximate surface area is 104 Å². The van der Waals surface area contributed by atoms with Crippen molar-refractivity contribution >= 4 is 0 Å². The number of aliphatic hydroxyl groups is 1. The second-order valence-corrected chi connectivity index (χ2v) is 4.45. The third-order valence-corrected chi connectivity index (χ3v) is 2.93. The van der Waals surface area contributed by atoms with E-state index in [9.17, 15) is 5.11 Å². The van der Waals surface area contributed by atoms with Crippen LogP contribution < -0.4 is 10.1 Å². The Bertz CT molecular complexity index is 350. The molecule has 3 nitrogen and oxygen atoms in total. The molecular weight excluding hydrogens is 214 g/mol. The van der Waals surface area contributed by atoms with Gasteiger partial charge < -0.3 is 15.2 Å². The fourth-order valence-corrected chi connectivity index (χ4v) is 1.89. The Morgan fingerprint density at radius 2 is 2.06 bits per heavy atom. The average Bonchev–Trinajstić information content (AvgIpc) is 2.35. The molecule has 0 amide bonds. The Morgan fingerprint density at radius 3 is 2.53 bits per heavy atom. The van der Waals surface area contributed by atoms with Crippen molar-refractivity contribution in [3.63, 3.8) is 0 Å². The van der Waals surface area contributed by atoms with E-state index in [0.29, 0.717) is 5.92 Å². The third-order valence-electron chi connectivity index (χ3n) is 2.93. The molecule has 1 aromatic rings. The summed E-state index contributed by atoms with van der Waals surface area (Å²) in [5, 5.41) is 12.6. The molecular formula is C14H23NO2. The van der Waals surface area contributed by atoms with Crippen molar-refractivity contribution in [3.05, 3.63) is 29.3 Å². The fourth-order valence-electron chi connectivity index (χ4n) is 1.89. The highest BCUT2D eigenvalue weighted by molar-refractivity contribution is 5.40. The number of methoxy groups -OCH3 is 1. The molecule has 1 rings (SSSR count). The molecule has 0 bridgehead atoms. The summed E-state index contributed by atoms with van der Waals surface area (Å²) in [6, 6.07) is 6.14. The largest absolute Gasteiger partial charge is 0.496 e. The van der Waals surface area contributed by atoms with Crippen molar-refractivity contribution in [2.24, 2.45) is 0 Å². The van der Waals surface area contributed by atoms with Crippen LogP contribution >= 0.6 is 0 Å². The molecule has 2 N–H and O–H groups in total. The summed E-state index contributed by atoms with van der Waals surface area (Å²) in [6.45, 7) is 7.23. The lowest BCUT2D eigenvalue weighted by molar-refractivity contribution is 0.243. The molecule has 1 unspecified atom stereocenters. The van der Waals surface area contributed by atoms with E-state index in [0.717, 1.165) is 17.9 Å². The van der Waals surface area contributed by atoms with Gasteiger partial charge in [-0.25, -0.2) is 0 Å². The van der Waals surface area contributed by atoms with E-state index in [4.69, 9.17) is 4.74 Å². The molecule has 17 heavy (non-hydrogen) atoms. The molecule has 1 atom stereocenters. The van der Waals surface area contributed by atoms with E-state index in [1.165, 1.54) is 5.56 Å². The minimum absolute atomic E-state index is 0.0591. The summed E-state index contributed by atoms with van der Waals surface area (Å²) in [6.07, 6.45) is 0. The molecule has 0 saturated heterocycles. The molecule has 0 heterocycles. The average molecular weight is 237 g/mol. The Balaban J connectivity index is 3.06. The Morgan fingerprint density at radius 1 is 1.35 bits per heavy atom. The molecule has 1 aromatic carbocycles. The maximum atomic E-state index is 9.39. The van der Waals surface area contributed by atoms with Crippen LogP contribution in [0.15, 0.2) is 18.2 Å². The minimum Gasteiger partial charge on any atom is -0.496 e. The molecule has 0 spiro atoms. The zero-order chi connectivity index (χ0) is 12.8. The van der Waals surface area contributed by atoms with Crippen molar-refractivity contribution in [3.8, 4) is 5.75 Å². The SMILES string of the molecule is CCNC(CO)c1ccc(C(C)C)cc1OC. The van der Waals surface area contributed by atoms with Gasteiger partial charge >= 0.3 is 0 Å². The van der Waals surface area contributed by atoms with Crippen LogP contribution in [0.1, 0.15) is 43.9 Å². The summed E-state index contributed by atoms with van der Waals surface area (Å²) < 4.78 is 5.41. The standard InChI is InChI=1S/C14H23NO2/c1-5-15-13(9-16)12-7-6-11(10(2)3)8-14(12)17-4/h6-8,10,13,15-16H,5,9H2,1-4H3. The van der Waals surface area contributed by atoms with Crippen molar-refractivity contribution in [2.45, 2.75) is 32.7 Å². The lowest BCUT2D eigenvalue weighted by Crippen LogP contribution is -2.24. The van der Waals surface area contributed by atoms with Crippen LogP contribution in [0.2, 0.25) is 0 Å². The lowest BCUT2D eigenvalue weighted by atomic mass is 9.98. The maximum absolute atomic E-state index is 9.39. The number of aliphatic hydroxyl groups excluding tert-OH is 1. The summed E-state index contributed by atoms with van der Waals surface area (Å²) in [4.78, 5) is 0. The van der Waals surface area contributed by atoms with E-state index >= 15 is 0 Å². The van der Waals surface area contributed by atoms with Crippen LogP contribution in [0.4, 0.5) is 0 Å². The van der Waals surface area contributed by atoms with E-state index in [1.54, 1.807) is 7.11 Å². The Hall–Kier alpha value is -1.06. The predicted octanol–water partition coefficient (Wildman–Crippen LogP) is 2.46. The summed E-state index contributed by atoms with van der Waals surface area (Å²) in [5.41, 5.74) is 2.26. The highest BCUT2D eigenvalue weighted by Gasteiger charge is 2.15. The normalized spacial score (nSPS) is 12.8. The zero-order valence-corrected chi connectivity index (χ0v) is 11.2. The first-order chi connectivity index (χ1) is 8.13. The number of likely N-dealkylation sites (N-methyl/N-ethyl adjacent to an activating group) is 1. The fraction of sp³-hybridized carbons (Fsp3) is 0.571. The number of hydrogen-bond acceptors (Lipinski definition) is 3. The Kier molecular flexibility index (Phi) is 5.45. The van der Waals surface area contributed by atoms with E-state index in [1.807, 2.05) is 13.0 Å². The number of hydrogen-bond donors (Lipinski definition) is 2. The molecule has 3 heteroatoms. The van der Waals surface area contributed by atoms with Crippen LogP contribution in [0.5, 0.6) is 5.75 Å².